The minimum atomic E-state index is -0.0222. The van der Waals surface area contributed by atoms with Crippen LogP contribution in [0.1, 0.15) is 18.4 Å². The highest BCUT2D eigenvalue weighted by Gasteiger charge is 2.20. The fourth-order valence-corrected chi connectivity index (χ4v) is 4.02. The van der Waals surface area contributed by atoms with Gasteiger partial charge in [-0.2, -0.15) is 0 Å². The monoisotopic (exact) mass is 397 g/mol. The Balaban J connectivity index is 1.68. The summed E-state index contributed by atoms with van der Waals surface area (Å²) in [6, 6.07) is 9.24. The fraction of sp³-hybridized carbons (Fsp3) is 0.435. The van der Waals surface area contributed by atoms with Gasteiger partial charge in [-0.1, -0.05) is 12.1 Å². The Morgan fingerprint density at radius 3 is 2.62 bits per heavy atom. The van der Waals surface area contributed by atoms with Crippen LogP contribution >= 0.6 is 0 Å². The van der Waals surface area contributed by atoms with Gasteiger partial charge in [0.15, 0.2) is 11.3 Å². The van der Waals surface area contributed by atoms with Gasteiger partial charge in [0.25, 0.3) is 0 Å². The van der Waals surface area contributed by atoms with Crippen LogP contribution < -0.4 is 14.9 Å². The lowest BCUT2D eigenvalue weighted by molar-refractivity contribution is 0.0372. The van der Waals surface area contributed by atoms with Crippen molar-refractivity contribution >= 4 is 21.9 Å². The molecule has 6 nitrogen and oxygen atoms in total. The highest BCUT2D eigenvalue weighted by molar-refractivity contribution is 5.95. The zero-order valence-corrected chi connectivity index (χ0v) is 17.0. The van der Waals surface area contributed by atoms with E-state index in [0.717, 1.165) is 57.7 Å². The Morgan fingerprint density at radius 1 is 1.07 bits per heavy atom. The number of nitrogens with zero attached hydrogens (tertiary/aromatic N) is 1. The van der Waals surface area contributed by atoms with Gasteiger partial charge in [0.05, 0.1) is 38.2 Å². The zero-order chi connectivity index (χ0) is 20.2. The number of methoxy groups -OCH3 is 2. The molecule has 0 radical (unpaired) electrons. The molecule has 0 bridgehead atoms. The van der Waals surface area contributed by atoms with Gasteiger partial charge in [-0.15, -0.1) is 0 Å². The van der Waals surface area contributed by atoms with E-state index in [4.69, 9.17) is 18.6 Å². The molecule has 1 fully saturated rings. The van der Waals surface area contributed by atoms with Crippen molar-refractivity contribution < 1.29 is 18.6 Å². The number of ether oxygens (including phenoxy) is 3. The van der Waals surface area contributed by atoms with Crippen molar-refractivity contribution in [3.8, 4) is 11.5 Å². The van der Waals surface area contributed by atoms with Crippen molar-refractivity contribution in [3.05, 3.63) is 46.1 Å². The summed E-state index contributed by atoms with van der Waals surface area (Å²) in [4.78, 5) is 15.7. The second-order valence-electron chi connectivity index (χ2n) is 7.31. The molecule has 1 aliphatic rings. The SMILES string of the molecule is COc1cc(CCCCN2CCOCC2)c2c(=O)c3ccccc3oc2c1OC. The molecule has 6 heteroatoms. The number of rotatable bonds is 7. The summed E-state index contributed by atoms with van der Waals surface area (Å²) in [5.41, 5.74) is 1.93. The molecule has 1 aliphatic heterocycles. The summed E-state index contributed by atoms with van der Waals surface area (Å²) < 4.78 is 22.6. The van der Waals surface area contributed by atoms with Gasteiger partial charge in [0.1, 0.15) is 5.58 Å². The number of para-hydroxylation sites is 1. The van der Waals surface area contributed by atoms with E-state index in [1.807, 2.05) is 18.2 Å². The minimum absolute atomic E-state index is 0.0222. The van der Waals surface area contributed by atoms with Crippen LogP contribution in [-0.4, -0.2) is 52.0 Å². The lowest BCUT2D eigenvalue weighted by Crippen LogP contribution is -2.36. The van der Waals surface area contributed by atoms with Crippen LogP contribution in [0.3, 0.4) is 0 Å². The van der Waals surface area contributed by atoms with E-state index in [1.165, 1.54) is 0 Å². The standard InChI is InChI=1S/C23H27NO5/c1-26-19-15-16(7-5-6-10-24-11-13-28-14-12-24)20-21(25)17-8-3-4-9-18(17)29-23(20)22(19)27-2/h3-4,8-9,15H,5-7,10-14H2,1-2H3. The average Bonchev–Trinajstić information content (AvgIpc) is 2.77. The molecule has 154 valence electrons. The lowest BCUT2D eigenvalue weighted by atomic mass is 10.00. The number of hydrogen-bond donors (Lipinski definition) is 0. The van der Waals surface area contributed by atoms with Gasteiger partial charge in [0, 0.05) is 13.1 Å². The molecule has 0 spiro atoms. The average molecular weight is 397 g/mol. The predicted molar refractivity (Wildman–Crippen MR) is 113 cm³/mol. The van der Waals surface area contributed by atoms with E-state index in [2.05, 4.69) is 4.90 Å². The molecule has 0 amide bonds. The smallest absolute Gasteiger partial charge is 0.204 e. The number of hydrogen-bond acceptors (Lipinski definition) is 6. The third-order valence-electron chi connectivity index (χ3n) is 5.55. The first-order chi connectivity index (χ1) is 14.2. The molecule has 4 rings (SSSR count). The minimum Gasteiger partial charge on any atom is -0.493 e. The fourth-order valence-electron chi connectivity index (χ4n) is 4.02. The van der Waals surface area contributed by atoms with E-state index in [9.17, 15) is 4.79 Å². The molecule has 0 aliphatic carbocycles. The third-order valence-corrected chi connectivity index (χ3v) is 5.55. The van der Waals surface area contributed by atoms with E-state index < -0.39 is 0 Å². The predicted octanol–water partition coefficient (Wildman–Crippen LogP) is 3.62. The first-order valence-electron chi connectivity index (χ1n) is 10.1. The number of aryl methyl sites for hydroxylation is 1. The Labute approximate surface area is 170 Å². The second kappa shape index (κ2) is 8.84. The Bertz CT molecular complexity index is 1050. The molecule has 2 heterocycles. The highest BCUT2D eigenvalue weighted by atomic mass is 16.5. The van der Waals surface area contributed by atoms with Crippen molar-refractivity contribution in [2.24, 2.45) is 0 Å². The molecule has 1 saturated heterocycles. The molecule has 29 heavy (non-hydrogen) atoms. The molecule has 0 N–H and O–H groups in total. The summed E-state index contributed by atoms with van der Waals surface area (Å²) in [7, 11) is 3.17. The maximum atomic E-state index is 13.3. The van der Waals surface area contributed by atoms with Crippen molar-refractivity contribution in [1.82, 2.24) is 4.90 Å². The lowest BCUT2D eigenvalue weighted by Gasteiger charge is -2.26. The maximum Gasteiger partial charge on any atom is 0.204 e. The molecule has 2 aromatic carbocycles. The second-order valence-corrected chi connectivity index (χ2v) is 7.31. The van der Waals surface area contributed by atoms with Gasteiger partial charge >= 0.3 is 0 Å². The van der Waals surface area contributed by atoms with Crippen LogP contribution in [0.4, 0.5) is 0 Å². The first kappa shape index (κ1) is 19.7. The maximum absolute atomic E-state index is 13.3. The molecule has 0 saturated carbocycles. The van der Waals surface area contributed by atoms with Crippen LogP contribution in [0.5, 0.6) is 11.5 Å². The van der Waals surface area contributed by atoms with Gasteiger partial charge in [0.2, 0.25) is 11.2 Å². The summed E-state index contributed by atoms with van der Waals surface area (Å²) in [6.07, 6.45) is 2.83. The first-order valence-corrected chi connectivity index (χ1v) is 10.1. The number of benzene rings is 2. The van der Waals surface area contributed by atoms with Gasteiger partial charge in [-0.25, -0.2) is 0 Å². The van der Waals surface area contributed by atoms with Gasteiger partial charge < -0.3 is 18.6 Å². The van der Waals surface area contributed by atoms with Gasteiger partial charge in [-0.3, -0.25) is 9.69 Å². The normalized spacial score (nSPS) is 15.1. The zero-order valence-electron chi connectivity index (χ0n) is 17.0. The van der Waals surface area contributed by atoms with E-state index in [0.29, 0.717) is 33.4 Å². The number of morpholine rings is 1. The molecular weight excluding hydrogens is 370 g/mol. The van der Waals surface area contributed by atoms with Crippen molar-refractivity contribution in [3.63, 3.8) is 0 Å². The highest BCUT2D eigenvalue weighted by Crippen LogP contribution is 2.38. The Kier molecular flexibility index (Phi) is 6.02. The van der Waals surface area contributed by atoms with Gasteiger partial charge in [-0.05, 0) is 49.6 Å². The summed E-state index contributed by atoms with van der Waals surface area (Å²) in [5.74, 6) is 1.05. The van der Waals surface area contributed by atoms with Crippen molar-refractivity contribution in [2.45, 2.75) is 19.3 Å². The Hall–Kier alpha value is -2.57. The van der Waals surface area contributed by atoms with Crippen molar-refractivity contribution in [1.29, 1.82) is 0 Å². The summed E-state index contributed by atoms with van der Waals surface area (Å²) >= 11 is 0. The molecule has 0 unspecified atom stereocenters. The Morgan fingerprint density at radius 2 is 1.86 bits per heavy atom. The van der Waals surface area contributed by atoms with E-state index in [1.54, 1.807) is 26.4 Å². The number of unbranched alkanes of at least 4 members (excludes halogenated alkanes) is 1. The summed E-state index contributed by atoms with van der Waals surface area (Å²) in [5, 5.41) is 1.18. The topological polar surface area (TPSA) is 61.1 Å². The largest absolute Gasteiger partial charge is 0.493 e. The van der Waals surface area contributed by atoms with Crippen LogP contribution in [0.15, 0.2) is 39.5 Å². The van der Waals surface area contributed by atoms with E-state index >= 15 is 0 Å². The van der Waals surface area contributed by atoms with Crippen LogP contribution in [0, 0.1) is 0 Å². The summed E-state index contributed by atoms with van der Waals surface area (Å²) in [6.45, 7) is 4.67. The van der Waals surface area contributed by atoms with Crippen LogP contribution in [0.2, 0.25) is 0 Å². The van der Waals surface area contributed by atoms with Crippen LogP contribution in [-0.2, 0) is 11.2 Å². The molecule has 0 atom stereocenters. The quantitative estimate of drug-likeness (QED) is 0.448. The van der Waals surface area contributed by atoms with Crippen LogP contribution in [0.25, 0.3) is 21.9 Å². The molecule has 3 aromatic rings. The molecule has 1 aromatic heterocycles. The van der Waals surface area contributed by atoms with E-state index in [-0.39, 0.29) is 5.43 Å². The number of fused-ring (bicyclic) bond motifs is 2. The van der Waals surface area contributed by atoms with Crippen molar-refractivity contribution in [2.75, 3.05) is 47.1 Å². The molecular formula is C23H27NO5. The third kappa shape index (κ3) is 3.95.